The Balaban J connectivity index is 1.44. The van der Waals surface area contributed by atoms with E-state index in [1.54, 1.807) is 0 Å². The highest BCUT2D eigenvalue weighted by Gasteiger charge is 2.53. The van der Waals surface area contributed by atoms with Crippen LogP contribution in [0.15, 0.2) is 60.7 Å². The van der Waals surface area contributed by atoms with Crippen molar-refractivity contribution in [1.82, 2.24) is 0 Å². The minimum atomic E-state index is -0.706. The molecule has 0 aromatic heterocycles. The molecule has 0 saturated carbocycles. The van der Waals surface area contributed by atoms with Gasteiger partial charge >= 0.3 is 0 Å². The first-order chi connectivity index (χ1) is 12.3. The molecule has 0 unspecified atom stereocenters. The molecule has 2 aliphatic heterocycles. The number of aliphatic hydroxyl groups excluding tert-OH is 1. The zero-order chi connectivity index (χ0) is 17.1. The Morgan fingerprint density at radius 1 is 0.840 bits per heavy atom. The normalized spacial score (nSPS) is 31.2. The zero-order valence-corrected chi connectivity index (χ0v) is 13.9. The average Bonchev–Trinajstić information content (AvgIpc) is 2.96. The maximum Gasteiger partial charge on any atom is 0.187 e. The molecule has 25 heavy (non-hydrogen) atoms. The molecule has 2 heterocycles. The van der Waals surface area contributed by atoms with Gasteiger partial charge in [0.15, 0.2) is 6.29 Å². The van der Waals surface area contributed by atoms with E-state index in [4.69, 9.17) is 18.9 Å². The summed E-state index contributed by atoms with van der Waals surface area (Å²) in [5.41, 5.74) is 2.15. The van der Waals surface area contributed by atoms with Gasteiger partial charge in [-0.2, -0.15) is 0 Å². The molecule has 5 heteroatoms. The number of fused-ring (bicyclic) bond motifs is 2. The van der Waals surface area contributed by atoms with Crippen LogP contribution in [0.1, 0.15) is 11.1 Å². The second-order valence-electron chi connectivity index (χ2n) is 6.39. The fourth-order valence-electron chi connectivity index (χ4n) is 3.28. The molecule has 2 saturated heterocycles. The monoisotopic (exact) mass is 342 g/mol. The summed E-state index contributed by atoms with van der Waals surface area (Å²) in [4.78, 5) is 0. The molecule has 2 aliphatic rings. The fourth-order valence-corrected chi connectivity index (χ4v) is 3.28. The van der Waals surface area contributed by atoms with Crippen molar-refractivity contribution >= 4 is 0 Å². The van der Waals surface area contributed by atoms with Gasteiger partial charge in [0.25, 0.3) is 0 Å². The Morgan fingerprint density at radius 3 is 2.00 bits per heavy atom. The lowest BCUT2D eigenvalue weighted by Crippen LogP contribution is -2.42. The van der Waals surface area contributed by atoms with Crippen LogP contribution in [0.25, 0.3) is 0 Å². The van der Waals surface area contributed by atoms with Gasteiger partial charge in [-0.25, -0.2) is 0 Å². The van der Waals surface area contributed by atoms with Crippen molar-refractivity contribution in [2.75, 3.05) is 6.61 Å². The number of hydrogen-bond donors (Lipinski definition) is 1. The molecule has 2 aromatic rings. The molecule has 5 atom stereocenters. The molecular weight excluding hydrogens is 320 g/mol. The van der Waals surface area contributed by atoms with Crippen molar-refractivity contribution in [2.45, 2.75) is 43.9 Å². The van der Waals surface area contributed by atoms with Gasteiger partial charge in [-0.05, 0) is 11.1 Å². The minimum Gasteiger partial charge on any atom is -0.388 e. The predicted octanol–water partition coefficient (Wildman–Crippen LogP) is 2.27. The topological polar surface area (TPSA) is 57.2 Å². The maximum absolute atomic E-state index is 10.2. The second-order valence-corrected chi connectivity index (χ2v) is 6.39. The maximum atomic E-state index is 10.2. The largest absolute Gasteiger partial charge is 0.388 e. The molecule has 0 radical (unpaired) electrons. The van der Waals surface area contributed by atoms with E-state index >= 15 is 0 Å². The zero-order valence-electron chi connectivity index (χ0n) is 13.9. The van der Waals surface area contributed by atoms with Gasteiger partial charge in [-0.3, -0.25) is 0 Å². The Bertz CT molecular complexity index is 662. The summed E-state index contributed by atoms with van der Waals surface area (Å²) >= 11 is 0. The van der Waals surface area contributed by atoms with Crippen LogP contribution in [0.5, 0.6) is 0 Å². The molecule has 1 N–H and O–H groups in total. The lowest BCUT2D eigenvalue weighted by atomic mass is 10.1. The van der Waals surface area contributed by atoms with Crippen LogP contribution in [0, 0.1) is 0 Å². The van der Waals surface area contributed by atoms with Crippen LogP contribution in [0.2, 0.25) is 0 Å². The summed E-state index contributed by atoms with van der Waals surface area (Å²) in [6.45, 7) is 1.13. The van der Waals surface area contributed by atoms with Crippen molar-refractivity contribution in [3.05, 3.63) is 71.8 Å². The van der Waals surface area contributed by atoms with Crippen LogP contribution >= 0.6 is 0 Å². The van der Waals surface area contributed by atoms with Gasteiger partial charge in [0.2, 0.25) is 0 Å². The van der Waals surface area contributed by atoms with Gasteiger partial charge in [0.1, 0.15) is 24.4 Å². The first-order valence-electron chi connectivity index (χ1n) is 8.57. The van der Waals surface area contributed by atoms with Crippen molar-refractivity contribution < 1.29 is 24.1 Å². The van der Waals surface area contributed by atoms with E-state index in [-0.39, 0.29) is 18.8 Å². The van der Waals surface area contributed by atoms with Gasteiger partial charge in [-0.15, -0.1) is 0 Å². The van der Waals surface area contributed by atoms with E-state index in [2.05, 4.69) is 0 Å². The standard InChI is InChI=1S/C20H22O5/c21-16-13-24-20-19(23-12-15-9-5-2-6-10-15)18(17(16)25-20)22-11-14-7-3-1-4-8-14/h1-10,16-21H,11-13H2/t16-,17-,18+,19-,20-/m1/s1. The highest BCUT2D eigenvalue weighted by atomic mass is 16.7. The van der Waals surface area contributed by atoms with Gasteiger partial charge in [0, 0.05) is 0 Å². The predicted molar refractivity (Wildman–Crippen MR) is 90.7 cm³/mol. The molecular formula is C20H22O5. The van der Waals surface area contributed by atoms with Crippen molar-refractivity contribution in [1.29, 1.82) is 0 Å². The van der Waals surface area contributed by atoms with E-state index in [0.717, 1.165) is 11.1 Å². The average molecular weight is 342 g/mol. The van der Waals surface area contributed by atoms with Gasteiger partial charge < -0.3 is 24.1 Å². The molecule has 4 rings (SSSR count). The number of rotatable bonds is 6. The molecule has 2 bridgehead atoms. The molecule has 2 aromatic carbocycles. The smallest absolute Gasteiger partial charge is 0.187 e. The molecule has 5 nitrogen and oxygen atoms in total. The fraction of sp³-hybridized carbons (Fsp3) is 0.400. The number of ether oxygens (including phenoxy) is 4. The third-order valence-corrected chi connectivity index (χ3v) is 4.59. The summed E-state index contributed by atoms with van der Waals surface area (Å²) in [7, 11) is 0. The summed E-state index contributed by atoms with van der Waals surface area (Å²) in [5.74, 6) is 0. The first kappa shape index (κ1) is 16.7. The Morgan fingerprint density at radius 2 is 1.40 bits per heavy atom. The van der Waals surface area contributed by atoms with E-state index in [0.29, 0.717) is 13.2 Å². The number of benzene rings is 2. The summed E-state index contributed by atoms with van der Waals surface area (Å²) in [6.07, 6.45) is -2.37. The lowest BCUT2D eigenvalue weighted by molar-refractivity contribution is -0.238. The lowest BCUT2D eigenvalue weighted by Gasteiger charge is -2.26. The molecule has 132 valence electrons. The molecule has 0 aliphatic carbocycles. The second kappa shape index (κ2) is 7.64. The van der Waals surface area contributed by atoms with E-state index in [1.165, 1.54) is 0 Å². The SMILES string of the molecule is O[C@@H]1CO[C@@H]2O[C@H]1[C@H](OCc1ccccc1)[C@H]2OCc1ccccc1. The summed E-state index contributed by atoms with van der Waals surface area (Å²) in [5, 5.41) is 10.2. The summed E-state index contributed by atoms with van der Waals surface area (Å²) < 4.78 is 23.5. The molecule has 0 spiro atoms. The molecule has 0 amide bonds. The first-order valence-corrected chi connectivity index (χ1v) is 8.57. The van der Waals surface area contributed by atoms with Gasteiger partial charge in [-0.1, -0.05) is 60.7 Å². The highest BCUT2D eigenvalue weighted by Crippen LogP contribution is 2.34. The van der Waals surface area contributed by atoms with Crippen LogP contribution in [0.3, 0.4) is 0 Å². The van der Waals surface area contributed by atoms with Crippen LogP contribution in [-0.2, 0) is 32.2 Å². The van der Waals surface area contributed by atoms with E-state index in [9.17, 15) is 5.11 Å². The number of hydrogen-bond acceptors (Lipinski definition) is 5. The Labute approximate surface area is 147 Å². The third kappa shape index (κ3) is 3.76. The summed E-state index contributed by atoms with van der Waals surface area (Å²) in [6, 6.07) is 19.9. The van der Waals surface area contributed by atoms with Crippen LogP contribution < -0.4 is 0 Å². The van der Waals surface area contributed by atoms with Gasteiger partial charge in [0.05, 0.1) is 19.8 Å². The minimum absolute atomic E-state index is 0.242. The number of aliphatic hydroxyl groups is 1. The van der Waals surface area contributed by atoms with Crippen molar-refractivity contribution in [3.63, 3.8) is 0 Å². The third-order valence-electron chi connectivity index (χ3n) is 4.59. The van der Waals surface area contributed by atoms with Crippen LogP contribution in [0.4, 0.5) is 0 Å². The highest BCUT2D eigenvalue weighted by molar-refractivity contribution is 5.14. The van der Waals surface area contributed by atoms with E-state index < -0.39 is 18.5 Å². The quantitative estimate of drug-likeness (QED) is 0.873. The van der Waals surface area contributed by atoms with Crippen molar-refractivity contribution in [3.8, 4) is 0 Å². The molecule has 2 fully saturated rings. The Hall–Kier alpha value is -1.76. The Kier molecular flexibility index (Phi) is 5.10. The van der Waals surface area contributed by atoms with E-state index in [1.807, 2.05) is 60.7 Å². The van der Waals surface area contributed by atoms with Crippen molar-refractivity contribution in [2.24, 2.45) is 0 Å². The van der Waals surface area contributed by atoms with Crippen LogP contribution in [-0.4, -0.2) is 42.4 Å².